The number of carbonyl (C=O) groups is 1. The molecule has 6 rings (SSSR count). The first-order valence-electron chi connectivity index (χ1n) is 5.03. The average Bonchev–Trinajstić information content (AvgIpc) is 2.27. The molecule has 4 atom stereocenters. The van der Waals surface area contributed by atoms with Gasteiger partial charge < -0.3 is 5.11 Å². The Morgan fingerprint density at radius 2 is 1.83 bits per heavy atom. The molecule has 6 aliphatic rings. The summed E-state index contributed by atoms with van der Waals surface area (Å²) in [5.74, 6) is 5.16. The zero-order valence-corrected chi connectivity index (χ0v) is 6.60. The van der Waals surface area contributed by atoms with Crippen LogP contribution in [0.4, 0.5) is 0 Å². The molecule has 1 N–H and O–H groups in total. The van der Waals surface area contributed by atoms with Crippen LogP contribution in [0.25, 0.3) is 0 Å². The van der Waals surface area contributed by atoms with Crippen molar-refractivity contribution in [2.75, 3.05) is 0 Å². The fraction of sp³-hybridized carbons (Fsp3) is 0.900. The van der Waals surface area contributed by atoms with Crippen LogP contribution in [0, 0.1) is 46.8 Å². The molecule has 0 amide bonds. The number of carboxylic acids is 1. The van der Waals surface area contributed by atoms with Crippen LogP contribution < -0.4 is 0 Å². The monoisotopic (exact) mass is 162 g/mol. The summed E-state index contributed by atoms with van der Waals surface area (Å²) >= 11 is 0. The Hall–Kier alpha value is -0.530. The van der Waals surface area contributed by atoms with E-state index in [9.17, 15) is 9.90 Å². The fourth-order valence-corrected chi connectivity index (χ4v) is 6.32. The second kappa shape index (κ2) is 1.01. The van der Waals surface area contributed by atoms with Gasteiger partial charge in [0.15, 0.2) is 0 Å². The normalized spacial score (nSPS) is 82.8. The maximum atomic E-state index is 11.1. The lowest BCUT2D eigenvalue weighted by Crippen LogP contribution is -2.90. The summed E-state index contributed by atoms with van der Waals surface area (Å²) in [5.41, 5.74) is -0.132. The summed E-state index contributed by atoms with van der Waals surface area (Å²) in [7, 11) is 0. The fourth-order valence-electron chi connectivity index (χ4n) is 6.32. The first-order valence-corrected chi connectivity index (χ1v) is 5.03. The first kappa shape index (κ1) is 5.25. The Balaban J connectivity index is 1.78. The lowest BCUT2D eigenvalue weighted by molar-refractivity contribution is -0.430. The van der Waals surface area contributed by atoms with Crippen molar-refractivity contribution in [3.8, 4) is 0 Å². The second-order valence-corrected chi connectivity index (χ2v) is 5.53. The van der Waals surface area contributed by atoms with Gasteiger partial charge in [-0.15, -0.1) is 0 Å². The molecule has 0 spiro atoms. The van der Waals surface area contributed by atoms with Crippen LogP contribution in [0.1, 0.15) is 6.42 Å². The standard InChI is InChI=1S/C10H10O2/c11-9(12)10-6-3-1-2-4(6)8(10)5(2)7(3)10/h2-8H,1H2,(H,11,12). The van der Waals surface area contributed by atoms with Crippen LogP contribution in [0.3, 0.4) is 0 Å². The van der Waals surface area contributed by atoms with Gasteiger partial charge in [0.05, 0.1) is 5.41 Å². The van der Waals surface area contributed by atoms with Crippen LogP contribution in [0.15, 0.2) is 0 Å². The van der Waals surface area contributed by atoms with E-state index in [1.165, 1.54) is 6.42 Å². The third kappa shape index (κ3) is 0.192. The number of carboxylic acid groups (broad SMARTS) is 1. The molecule has 6 aliphatic carbocycles. The van der Waals surface area contributed by atoms with Gasteiger partial charge in [-0.1, -0.05) is 0 Å². The molecular weight excluding hydrogens is 152 g/mol. The van der Waals surface area contributed by atoms with Gasteiger partial charge in [-0.3, -0.25) is 4.79 Å². The van der Waals surface area contributed by atoms with E-state index in [0.717, 1.165) is 23.7 Å². The van der Waals surface area contributed by atoms with Gasteiger partial charge in [0.25, 0.3) is 0 Å². The highest BCUT2D eigenvalue weighted by Gasteiger charge is 3.00. The quantitative estimate of drug-likeness (QED) is 0.620. The Labute approximate surface area is 70.0 Å². The lowest BCUT2D eigenvalue weighted by Gasteiger charge is -2.89. The van der Waals surface area contributed by atoms with Gasteiger partial charge in [-0.05, 0) is 47.8 Å². The summed E-state index contributed by atoms with van der Waals surface area (Å²) in [6, 6.07) is 0. The van der Waals surface area contributed by atoms with Gasteiger partial charge in [0.2, 0.25) is 0 Å². The maximum Gasteiger partial charge on any atom is 0.310 e. The van der Waals surface area contributed by atoms with E-state index in [1.54, 1.807) is 0 Å². The number of hydrogen-bond acceptors (Lipinski definition) is 1. The summed E-state index contributed by atoms with van der Waals surface area (Å²) in [5, 5.41) is 9.19. The van der Waals surface area contributed by atoms with E-state index in [0.29, 0.717) is 17.8 Å². The number of aliphatic carboxylic acids is 1. The molecule has 0 saturated heterocycles. The highest BCUT2D eigenvalue weighted by atomic mass is 16.4. The molecule has 0 aliphatic heterocycles. The Kier molecular flexibility index (Phi) is 0.443. The van der Waals surface area contributed by atoms with E-state index < -0.39 is 5.97 Å². The van der Waals surface area contributed by atoms with Gasteiger partial charge in [0, 0.05) is 0 Å². The SMILES string of the molecule is O=C(O)C12C3C4CC5C3C1C5C42. The highest BCUT2D eigenvalue weighted by molar-refractivity contribution is 5.84. The maximum absolute atomic E-state index is 11.1. The van der Waals surface area contributed by atoms with E-state index >= 15 is 0 Å². The number of rotatable bonds is 1. The average molecular weight is 162 g/mol. The molecule has 0 radical (unpaired) electrons. The van der Waals surface area contributed by atoms with Crippen molar-refractivity contribution in [1.29, 1.82) is 0 Å². The largest absolute Gasteiger partial charge is 0.481 e. The molecule has 0 aromatic heterocycles. The molecule has 0 heterocycles. The second-order valence-electron chi connectivity index (χ2n) is 5.53. The lowest BCUT2D eigenvalue weighted by atomic mass is 9.13. The van der Waals surface area contributed by atoms with E-state index in [2.05, 4.69) is 0 Å². The molecular formula is C10H10O2. The predicted octanol–water partition coefficient (Wildman–Crippen LogP) is 0.829. The topological polar surface area (TPSA) is 37.3 Å². The minimum absolute atomic E-state index is 0.132. The van der Waals surface area contributed by atoms with Crippen molar-refractivity contribution < 1.29 is 9.90 Å². The van der Waals surface area contributed by atoms with Crippen molar-refractivity contribution >= 4 is 5.97 Å². The van der Waals surface area contributed by atoms with E-state index in [-0.39, 0.29) is 5.41 Å². The summed E-state index contributed by atoms with van der Waals surface area (Å²) in [6.45, 7) is 0. The van der Waals surface area contributed by atoms with E-state index in [4.69, 9.17) is 0 Å². The van der Waals surface area contributed by atoms with E-state index in [1.807, 2.05) is 0 Å². The summed E-state index contributed by atoms with van der Waals surface area (Å²) < 4.78 is 0. The third-order valence-corrected chi connectivity index (χ3v) is 6.14. The van der Waals surface area contributed by atoms with Gasteiger partial charge in [-0.25, -0.2) is 0 Å². The van der Waals surface area contributed by atoms with Crippen molar-refractivity contribution in [3.63, 3.8) is 0 Å². The van der Waals surface area contributed by atoms with Crippen molar-refractivity contribution in [3.05, 3.63) is 0 Å². The van der Waals surface area contributed by atoms with Crippen LogP contribution in [-0.4, -0.2) is 11.1 Å². The molecule has 0 aromatic carbocycles. The van der Waals surface area contributed by atoms with Crippen LogP contribution in [0.2, 0.25) is 0 Å². The summed E-state index contributed by atoms with van der Waals surface area (Å²) in [4.78, 5) is 11.1. The van der Waals surface area contributed by atoms with Crippen molar-refractivity contribution in [2.24, 2.45) is 46.8 Å². The molecule has 2 bridgehead atoms. The van der Waals surface area contributed by atoms with Crippen LogP contribution in [0.5, 0.6) is 0 Å². The molecule has 0 aromatic rings. The summed E-state index contributed by atoms with van der Waals surface area (Å²) in [6.07, 6.45) is 1.40. The van der Waals surface area contributed by atoms with Crippen molar-refractivity contribution in [1.82, 2.24) is 0 Å². The minimum atomic E-state index is -0.452. The number of hydrogen-bond donors (Lipinski definition) is 1. The Morgan fingerprint density at radius 1 is 1.17 bits per heavy atom. The zero-order valence-electron chi connectivity index (χ0n) is 6.60. The molecule has 4 unspecified atom stereocenters. The molecule has 12 heavy (non-hydrogen) atoms. The smallest absolute Gasteiger partial charge is 0.310 e. The highest BCUT2D eigenvalue weighted by Crippen LogP contribution is 2.99. The van der Waals surface area contributed by atoms with Crippen molar-refractivity contribution in [2.45, 2.75) is 6.42 Å². The predicted molar refractivity (Wildman–Crippen MR) is 39.1 cm³/mol. The van der Waals surface area contributed by atoms with Gasteiger partial charge >= 0.3 is 5.97 Å². The van der Waals surface area contributed by atoms with Crippen LogP contribution in [-0.2, 0) is 4.79 Å². The van der Waals surface area contributed by atoms with Gasteiger partial charge in [-0.2, -0.15) is 0 Å². The first-order chi connectivity index (χ1) is 5.79. The molecule has 2 heteroatoms. The third-order valence-electron chi connectivity index (χ3n) is 6.14. The molecule has 6 saturated carbocycles. The zero-order chi connectivity index (χ0) is 7.83. The molecule has 6 fully saturated rings. The molecule has 62 valence electrons. The minimum Gasteiger partial charge on any atom is -0.481 e. The van der Waals surface area contributed by atoms with Crippen LogP contribution >= 0.6 is 0 Å². The molecule has 2 nitrogen and oxygen atoms in total. The Bertz CT molecular complexity index is 324. The Morgan fingerprint density at radius 3 is 2.33 bits per heavy atom. The van der Waals surface area contributed by atoms with Gasteiger partial charge in [0.1, 0.15) is 0 Å².